The maximum absolute atomic E-state index is 5.57. The highest BCUT2D eigenvalue weighted by molar-refractivity contribution is 4.73. The topological polar surface area (TPSA) is 32.5 Å². The fourth-order valence-corrected chi connectivity index (χ4v) is 3.06. The third kappa shape index (κ3) is 3.44. The van der Waals surface area contributed by atoms with Crippen LogP contribution < -0.4 is 5.73 Å². The van der Waals surface area contributed by atoms with E-state index in [-0.39, 0.29) is 0 Å². The summed E-state index contributed by atoms with van der Waals surface area (Å²) in [6.45, 7) is 6.04. The summed E-state index contributed by atoms with van der Waals surface area (Å²) in [7, 11) is 0. The summed E-state index contributed by atoms with van der Waals surface area (Å²) in [4.78, 5) is 0. The van der Waals surface area contributed by atoms with E-state index in [0.29, 0.717) is 0 Å². The van der Waals surface area contributed by atoms with Gasteiger partial charge in [0.15, 0.2) is 0 Å². The lowest BCUT2D eigenvalue weighted by Crippen LogP contribution is -2.49. The summed E-state index contributed by atoms with van der Waals surface area (Å²) in [5, 5.41) is 5.21. The van der Waals surface area contributed by atoms with Crippen LogP contribution in [0.1, 0.15) is 44.9 Å². The first kappa shape index (κ1) is 12.3. The van der Waals surface area contributed by atoms with Gasteiger partial charge in [0, 0.05) is 26.2 Å². The maximum Gasteiger partial charge on any atom is 0.0136 e. The van der Waals surface area contributed by atoms with E-state index in [1.165, 1.54) is 71.1 Å². The second-order valence-electron chi connectivity index (χ2n) is 5.34. The Kier molecular flexibility index (Phi) is 5.07. The molecule has 2 heterocycles. The lowest BCUT2D eigenvalue weighted by atomic mass is 9.93. The molecule has 2 saturated heterocycles. The molecule has 2 fully saturated rings. The van der Waals surface area contributed by atoms with Gasteiger partial charge in [0.25, 0.3) is 0 Å². The van der Waals surface area contributed by atoms with E-state index in [2.05, 4.69) is 10.0 Å². The highest BCUT2D eigenvalue weighted by atomic mass is 15.6. The highest BCUT2D eigenvalue weighted by Crippen LogP contribution is 2.24. The van der Waals surface area contributed by atoms with Crippen LogP contribution in [0, 0.1) is 5.92 Å². The zero-order valence-corrected chi connectivity index (χ0v) is 10.5. The molecule has 2 N–H and O–H groups in total. The Hall–Kier alpha value is -0.120. The summed E-state index contributed by atoms with van der Waals surface area (Å²) in [6.07, 6.45) is 9.56. The van der Waals surface area contributed by atoms with Crippen molar-refractivity contribution in [2.75, 3.05) is 32.7 Å². The molecule has 2 aliphatic heterocycles. The SMILES string of the molecule is NCCCC1CCN(N2CCCCC2)CC1. The van der Waals surface area contributed by atoms with Crippen LogP contribution in [0.15, 0.2) is 0 Å². The van der Waals surface area contributed by atoms with Crippen molar-refractivity contribution in [1.82, 2.24) is 10.0 Å². The lowest BCUT2D eigenvalue weighted by molar-refractivity contribution is -0.0616. The van der Waals surface area contributed by atoms with Gasteiger partial charge in [0.05, 0.1) is 0 Å². The number of hydrazine groups is 1. The van der Waals surface area contributed by atoms with Gasteiger partial charge in [-0.05, 0) is 51.0 Å². The summed E-state index contributed by atoms with van der Waals surface area (Å²) in [6, 6.07) is 0. The second kappa shape index (κ2) is 6.58. The summed E-state index contributed by atoms with van der Waals surface area (Å²) < 4.78 is 0. The third-order valence-electron chi connectivity index (χ3n) is 4.14. The number of rotatable bonds is 4. The first-order chi connectivity index (χ1) is 7.90. The molecule has 0 bridgehead atoms. The van der Waals surface area contributed by atoms with Gasteiger partial charge < -0.3 is 5.73 Å². The monoisotopic (exact) mass is 225 g/mol. The Morgan fingerprint density at radius 2 is 1.50 bits per heavy atom. The van der Waals surface area contributed by atoms with E-state index in [0.717, 1.165) is 12.5 Å². The minimum Gasteiger partial charge on any atom is -0.330 e. The number of nitrogens with two attached hydrogens (primary N) is 1. The first-order valence-corrected chi connectivity index (χ1v) is 7.10. The van der Waals surface area contributed by atoms with Gasteiger partial charge in [0.1, 0.15) is 0 Å². The quantitative estimate of drug-likeness (QED) is 0.792. The molecule has 0 radical (unpaired) electrons. The standard InChI is InChI=1S/C13H27N3/c14-8-4-5-13-6-11-16(12-7-13)15-9-2-1-3-10-15/h13H,1-12,14H2. The molecule has 16 heavy (non-hydrogen) atoms. The smallest absolute Gasteiger partial charge is 0.0136 e. The van der Waals surface area contributed by atoms with Crippen LogP contribution in [0.3, 0.4) is 0 Å². The van der Waals surface area contributed by atoms with Crippen LogP contribution in [-0.4, -0.2) is 42.7 Å². The van der Waals surface area contributed by atoms with Crippen molar-refractivity contribution in [3.8, 4) is 0 Å². The maximum atomic E-state index is 5.57. The second-order valence-corrected chi connectivity index (χ2v) is 5.34. The largest absolute Gasteiger partial charge is 0.330 e. The molecule has 0 aromatic rings. The lowest BCUT2D eigenvalue weighted by Gasteiger charge is -2.41. The van der Waals surface area contributed by atoms with Crippen molar-refractivity contribution < 1.29 is 0 Å². The average Bonchev–Trinajstić information content (AvgIpc) is 2.38. The normalized spacial score (nSPS) is 26.1. The molecular weight excluding hydrogens is 198 g/mol. The predicted octanol–water partition coefficient (Wildman–Crippen LogP) is 1.84. The van der Waals surface area contributed by atoms with Gasteiger partial charge in [-0.2, -0.15) is 0 Å². The van der Waals surface area contributed by atoms with Gasteiger partial charge >= 0.3 is 0 Å². The Labute approximate surface area is 99.9 Å². The summed E-state index contributed by atoms with van der Waals surface area (Å²) in [5.41, 5.74) is 5.57. The van der Waals surface area contributed by atoms with Crippen molar-refractivity contribution in [2.45, 2.75) is 44.9 Å². The molecular formula is C13H27N3. The van der Waals surface area contributed by atoms with Crippen molar-refractivity contribution in [1.29, 1.82) is 0 Å². The fraction of sp³-hybridized carbons (Fsp3) is 1.00. The molecule has 0 aromatic heterocycles. The van der Waals surface area contributed by atoms with Crippen LogP contribution in [0.25, 0.3) is 0 Å². The van der Waals surface area contributed by atoms with E-state index in [1.807, 2.05) is 0 Å². The van der Waals surface area contributed by atoms with E-state index < -0.39 is 0 Å². The van der Waals surface area contributed by atoms with Crippen molar-refractivity contribution in [3.05, 3.63) is 0 Å². The van der Waals surface area contributed by atoms with Crippen LogP contribution in [0.4, 0.5) is 0 Å². The number of hydrogen-bond acceptors (Lipinski definition) is 3. The predicted molar refractivity (Wildman–Crippen MR) is 68.0 cm³/mol. The Bertz CT molecular complexity index is 182. The van der Waals surface area contributed by atoms with Gasteiger partial charge in [0.2, 0.25) is 0 Å². The van der Waals surface area contributed by atoms with E-state index in [4.69, 9.17) is 5.73 Å². The zero-order chi connectivity index (χ0) is 11.2. The van der Waals surface area contributed by atoms with Crippen LogP contribution >= 0.6 is 0 Å². The van der Waals surface area contributed by atoms with Gasteiger partial charge in [-0.15, -0.1) is 0 Å². The Balaban J connectivity index is 1.67. The molecule has 2 aliphatic rings. The molecule has 3 heteroatoms. The minimum absolute atomic E-state index is 0.867. The molecule has 0 aromatic carbocycles. The first-order valence-electron chi connectivity index (χ1n) is 7.10. The van der Waals surface area contributed by atoms with E-state index in [9.17, 15) is 0 Å². The van der Waals surface area contributed by atoms with Gasteiger partial charge in [-0.3, -0.25) is 0 Å². The Morgan fingerprint density at radius 3 is 2.12 bits per heavy atom. The molecule has 0 spiro atoms. The average molecular weight is 225 g/mol. The zero-order valence-electron chi connectivity index (χ0n) is 10.5. The fourth-order valence-electron chi connectivity index (χ4n) is 3.06. The molecule has 0 atom stereocenters. The van der Waals surface area contributed by atoms with Crippen molar-refractivity contribution >= 4 is 0 Å². The molecule has 0 unspecified atom stereocenters. The van der Waals surface area contributed by atoms with Crippen LogP contribution in [0.5, 0.6) is 0 Å². The molecule has 2 rings (SSSR count). The summed E-state index contributed by atoms with van der Waals surface area (Å²) in [5.74, 6) is 0.949. The van der Waals surface area contributed by atoms with E-state index in [1.54, 1.807) is 0 Å². The number of nitrogens with zero attached hydrogens (tertiary/aromatic N) is 2. The van der Waals surface area contributed by atoms with Crippen LogP contribution in [0.2, 0.25) is 0 Å². The molecule has 0 aliphatic carbocycles. The molecule has 0 saturated carbocycles. The molecule has 94 valence electrons. The number of hydrogen-bond donors (Lipinski definition) is 1. The minimum atomic E-state index is 0.867. The molecule has 3 nitrogen and oxygen atoms in total. The Morgan fingerprint density at radius 1 is 0.875 bits per heavy atom. The van der Waals surface area contributed by atoms with Crippen LogP contribution in [-0.2, 0) is 0 Å². The van der Waals surface area contributed by atoms with Gasteiger partial charge in [-0.1, -0.05) is 6.42 Å². The van der Waals surface area contributed by atoms with Gasteiger partial charge in [-0.25, -0.2) is 10.0 Å². The highest BCUT2D eigenvalue weighted by Gasteiger charge is 2.23. The number of piperidine rings is 2. The van der Waals surface area contributed by atoms with Crippen molar-refractivity contribution in [3.63, 3.8) is 0 Å². The molecule has 0 amide bonds. The third-order valence-corrected chi connectivity index (χ3v) is 4.14. The van der Waals surface area contributed by atoms with Crippen molar-refractivity contribution in [2.24, 2.45) is 11.7 Å². The van der Waals surface area contributed by atoms with E-state index >= 15 is 0 Å². The summed E-state index contributed by atoms with van der Waals surface area (Å²) >= 11 is 0.